The topological polar surface area (TPSA) is 80.3 Å². The molecule has 0 bridgehead atoms. The third kappa shape index (κ3) is 3.96. The van der Waals surface area contributed by atoms with Crippen molar-refractivity contribution in [2.24, 2.45) is 10.8 Å². The van der Waals surface area contributed by atoms with Gasteiger partial charge in [-0.15, -0.1) is 26.3 Å². The van der Waals surface area contributed by atoms with E-state index in [-0.39, 0.29) is 42.8 Å². The van der Waals surface area contributed by atoms with E-state index < -0.39 is 22.8 Å². The summed E-state index contributed by atoms with van der Waals surface area (Å²) in [5.41, 5.74) is -3.39. The predicted molar refractivity (Wildman–Crippen MR) is 74.1 cm³/mol. The predicted octanol–water partition coefficient (Wildman–Crippen LogP) is 0.761. The van der Waals surface area contributed by atoms with Gasteiger partial charge in [0.2, 0.25) is 0 Å². The Morgan fingerprint density at radius 1 is 0.714 bits per heavy atom. The molecule has 0 atom stereocenters. The van der Waals surface area contributed by atoms with Crippen molar-refractivity contribution >= 4 is 11.9 Å². The molecule has 21 heavy (non-hydrogen) atoms. The monoisotopic (exact) mass is 339 g/mol. The van der Waals surface area contributed by atoms with Gasteiger partial charge in [0, 0.05) is 22.8 Å². The largest absolute Gasteiger partial charge is 2.00 e. The minimum atomic E-state index is -1.70. The van der Waals surface area contributed by atoms with Crippen LogP contribution in [0.3, 0.4) is 0 Å². The molecule has 4 nitrogen and oxygen atoms in total. The second kappa shape index (κ2) is 9.37. The number of carboxylic acid groups (broad SMARTS) is 2. The molecule has 0 heterocycles. The first kappa shape index (κ1) is 21.7. The quantitative estimate of drug-likeness (QED) is 0.411. The summed E-state index contributed by atoms with van der Waals surface area (Å²) in [6, 6.07) is 0. The van der Waals surface area contributed by atoms with Gasteiger partial charge in [-0.2, -0.15) is 0 Å². The van der Waals surface area contributed by atoms with Crippen LogP contribution in [0, 0.1) is 10.8 Å². The van der Waals surface area contributed by atoms with Crippen molar-refractivity contribution in [1.82, 2.24) is 0 Å². The van der Waals surface area contributed by atoms with Gasteiger partial charge in [-0.1, -0.05) is 24.3 Å². The number of carbonyl (C=O) groups is 2. The molecule has 0 aliphatic rings. The number of hydrogen-bond acceptors (Lipinski definition) is 4. The first-order valence-electron chi connectivity index (χ1n) is 6.25. The van der Waals surface area contributed by atoms with Crippen LogP contribution in [0.5, 0.6) is 0 Å². The normalized spacial score (nSPS) is 10.9. The third-order valence-electron chi connectivity index (χ3n) is 3.67. The first-order valence-corrected chi connectivity index (χ1v) is 6.25. The molecular formula is C16H20CuO4. The second-order valence-corrected chi connectivity index (χ2v) is 4.71. The molecule has 0 saturated heterocycles. The zero-order valence-corrected chi connectivity index (χ0v) is 12.8. The van der Waals surface area contributed by atoms with Crippen LogP contribution in [-0.2, 0) is 26.7 Å². The minimum Gasteiger partial charge on any atom is -0.549 e. The van der Waals surface area contributed by atoms with Crippen molar-refractivity contribution in [2.45, 2.75) is 25.7 Å². The maximum atomic E-state index is 11.7. The van der Waals surface area contributed by atoms with E-state index in [4.69, 9.17) is 0 Å². The van der Waals surface area contributed by atoms with Crippen LogP contribution >= 0.6 is 0 Å². The molecule has 119 valence electrons. The van der Waals surface area contributed by atoms with E-state index in [1.807, 2.05) is 0 Å². The summed E-state index contributed by atoms with van der Waals surface area (Å²) in [7, 11) is 0. The Morgan fingerprint density at radius 2 is 0.905 bits per heavy atom. The summed E-state index contributed by atoms with van der Waals surface area (Å²) >= 11 is 0. The third-order valence-corrected chi connectivity index (χ3v) is 3.67. The van der Waals surface area contributed by atoms with Gasteiger partial charge in [-0.3, -0.25) is 0 Å². The Labute approximate surface area is 136 Å². The summed E-state index contributed by atoms with van der Waals surface area (Å²) in [5.74, 6) is -2.93. The van der Waals surface area contributed by atoms with Crippen molar-refractivity contribution in [1.29, 1.82) is 0 Å². The molecule has 5 heteroatoms. The fourth-order valence-electron chi connectivity index (χ4n) is 2.66. The Bertz CT molecular complexity index is 366. The van der Waals surface area contributed by atoms with E-state index in [1.165, 1.54) is 24.3 Å². The first-order chi connectivity index (χ1) is 9.38. The van der Waals surface area contributed by atoms with Crippen molar-refractivity contribution in [3.05, 3.63) is 50.6 Å². The van der Waals surface area contributed by atoms with Gasteiger partial charge in [0.25, 0.3) is 0 Å². The zero-order valence-electron chi connectivity index (χ0n) is 11.9. The standard InChI is InChI=1S/C16H22O4.Cu/c1-5-9-15(10-6-2,13(17)18)16(11-7-3,12-8-4)14(19)20;/h5-8H,1-4,9-12H2,(H,17,18)(H,19,20);/q;+2/p-2. The molecule has 0 aromatic rings. The molecule has 0 aliphatic carbocycles. The van der Waals surface area contributed by atoms with Crippen molar-refractivity contribution in [3.63, 3.8) is 0 Å². The molecule has 0 saturated carbocycles. The number of aliphatic carboxylic acids is 2. The van der Waals surface area contributed by atoms with Crippen LogP contribution in [0.15, 0.2) is 50.6 Å². The number of rotatable bonds is 11. The molecule has 0 rings (SSSR count). The average molecular weight is 340 g/mol. The van der Waals surface area contributed by atoms with Crippen molar-refractivity contribution in [2.75, 3.05) is 0 Å². The van der Waals surface area contributed by atoms with Crippen LogP contribution in [0.1, 0.15) is 25.7 Å². The minimum absolute atomic E-state index is 0. The molecule has 0 spiro atoms. The van der Waals surface area contributed by atoms with Crippen molar-refractivity contribution in [3.8, 4) is 0 Å². The molecule has 0 unspecified atom stereocenters. The maximum Gasteiger partial charge on any atom is 2.00 e. The van der Waals surface area contributed by atoms with E-state index in [1.54, 1.807) is 0 Å². The number of allylic oxidation sites excluding steroid dienone is 4. The maximum absolute atomic E-state index is 11.7. The SMILES string of the molecule is C=CCC(CC=C)(C(=O)[O-])C(CC=C)(CC=C)C(=O)[O-].[Cu+2]. The van der Waals surface area contributed by atoms with E-state index in [0.29, 0.717) is 0 Å². The molecule has 0 fully saturated rings. The van der Waals surface area contributed by atoms with Gasteiger partial charge in [-0.25, -0.2) is 0 Å². The Morgan fingerprint density at radius 3 is 1.00 bits per heavy atom. The molecular weight excluding hydrogens is 320 g/mol. The number of hydrogen-bond donors (Lipinski definition) is 0. The zero-order chi connectivity index (χ0) is 15.8. The van der Waals surface area contributed by atoms with Gasteiger partial charge < -0.3 is 19.8 Å². The van der Waals surface area contributed by atoms with Gasteiger partial charge in [0.05, 0.1) is 0 Å². The molecule has 0 N–H and O–H groups in total. The van der Waals surface area contributed by atoms with E-state index in [0.717, 1.165) is 0 Å². The fourth-order valence-corrected chi connectivity index (χ4v) is 2.66. The number of carboxylic acids is 2. The Hall–Kier alpha value is -1.58. The van der Waals surface area contributed by atoms with Gasteiger partial charge in [0.1, 0.15) is 0 Å². The summed E-state index contributed by atoms with van der Waals surface area (Å²) in [5, 5.41) is 23.5. The molecule has 0 aromatic carbocycles. The average Bonchev–Trinajstić information content (AvgIpc) is 2.37. The fraction of sp³-hybridized carbons (Fsp3) is 0.375. The molecule has 0 aliphatic heterocycles. The van der Waals surface area contributed by atoms with Gasteiger partial charge in [-0.05, 0) is 25.7 Å². The van der Waals surface area contributed by atoms with Crippen LogP contribution in [-0.4, -0.2) is 11.9 Å². The van der Waals surface area contributed by atoms with E-state index in [9.17, 15) is 19.8 Å². The van der Waals surface area contributed by atoms with Crippen LogP contribution < -0.4 is 10.2 Å². The molecule has 0 aromatic heterocycles. The smallest absolute Gasteiger partial charge is 0.549 e. The Kier molecular flexibility index (Phi) is 9.69. The van der Waals surface area contributed by atoms with Gasteiger partial charge in [0.15, 0.2) is 0 Å². The Balaban J connectivity index is 0. The van der Waals surface area contributed by atoms with Crippen molar-refractivity contribution < 1.29 is 36.9 Å². The summed E-state index contributed by atoms with van der Waals surface area (Å²) < 4.78 is 0. The number of carbonyl (C=O) groups excluding carboxylic acids is 2. The van der Waals surface area contributed by atoms with Crippen LogP contribution in [0.25, 0.3) is 0 Å². The van der Waals surface area contributed by atoms with Crippen LogP contribution in [0.4, 0.5) is 0 Å². The summed E-state index contributed by atoms with van der Waals surface area (Å²) in [6.07, 6.45) is 5.17. The van der Waals surface area contributed by atoms with E-state index in [2.05, 4.69) is 26.3 Å². The second-order valence-electron chi connectivity index (χ2n) is 4.71. The summed E-state index contributed by atoms with van der Waals surface area (Å²) in [6.45, 7) is 14.1. The van der Waals surface area contributed by atoms with E-state index >= 15 is 0 Å². The molecule has 0 amide bonds. The molecule has 1 radical (unpaired) electrons. The van der Waals surface area contributed by atoms with Crippen LogP contribution in [0.2, 0.25) is 0 Å². The van der Waals surface area contributed by atoms with Gasteiger partial charge >= 0.3 is 17.1 Å². The summed E-state index contributed by atoms with van der Waals surface area (Å²) in [4.78, 5) is 23.5.